The van der Waals surface area contributed by atoms with E-state index < -0.39 is 0 Å². The van der Waals surface area contributed by atoms with Gasteiger partial charge in [0.25, 0.3) is 5.91 Å². The van der Waals surface area contributed by atoms with Gasteiger partial charge in [-0.1, -0.05) is 42.5 Å². The Morgan fingerprint density at radius 3 is 2.71 bits per heavy atom. The van der Waals surface area contributed by atoms with Crippen LogP contribution in [0.3, 0.4) is 0 Å². The molecule has 5 nitrogen and oxygen atoms in total. The van der Waals surface area contributed by atoms with Gasteiger partial charge in [0, 0.05) is 15.8 Å². The van der Waals surface area contributed by atoms with Crippen molar-refractivity contribution in [3.05, 3.63) is 81.7 Å². The maximum atomic E-state index is 13.0. The van der Waals surface area contributed by atoms with Crippen molar-refractivity contribution in [3.8, 4) is 16.9 Å². The molecular formula is C24H18N4OS2. The monoisotopic (exact) mass is 442 g/mol. The second-order valence-corrected chi connectivity index (χ2v) is 9.68. The molecule has 1 amide bonds. The number of hydrogen-bond acceptors (Lipinski definition) is 5. The predicted molar refractivity (Wildman–Crippen MR) is 127 cm³/mol. The number of carbonyl (C=O) groups excluding carboxylic acids is 1. The van der Waals surface area contributed by atoms with E-state index >= 15 is 0 Å². The van der Waals surface area contributed by atoms with Crippen LogP contribution in [0.4, 0.5) is 5.13 Å². The molecule has 0 radical (unpaired) electrons. The van der Waals surface area contributed by atoms with E-state index in [2.05, 4.69) is 28.6 Å². The first kappa shape index (κ1) is 18.5. The third-order valence-electron chi connectivity index (χ3n) is 5.58. The first-order valence-corrected chi connectivity index (χ1v) is 11.7. The van der Waals surface area contributed by atoms with Gasteiger partial charge in [-0.05, 0) is 43.5 Å². The lowest BCUT2D eigenvalue weighted by atomic mass is 9.94. The van der Waals surface area contributed by atoms with E-state index in [1.165, 1.54) is 27.3 Å². The molecule has 0 saturated carbocycles. The maximum absolute atomic E-state index is 13.0. The summed E-state index contributed by atoms with van der Waals surface area (Å²) in [6.45, 7) is 1.97. The predicted octanol–water partition coefficient (Wildman–Crippen LogP) is 5.87. The van der Waals surface area contributed by atoms with Crippen molar-refractivity contribution in [1.82, 2.24) is 14.8 Å². The van der Waals surface area contributed by atoms with Gasteiger partial charge in [0.05, 0.1) is 22.0 Å². The Hall–Kier alpha value is -3.29. The number of benzene rings is 2. The minimum atomic E-state index is -0.125. The molecule has 5 aromatic rings. The Morgan fingerprint density at radius 2 is 1.84 bits per heavy atom. The number of aryl methyl sites for hydroxylation is 3. The molecule has 0 saturated heterocycles. The maximum Gasteiger partial charge on any atom is 0.267 e. The number of fused-ring (bicyclic) bond motifs is 4. The molecule has 0 aliphatic heterocycles. The first-order chi connectivity index (χ1) is 15.2. The van der Waals surface area contributed by atoms with Gasteiger partial charge in [-0.2, -0.15) is 5.10 Å². The van der Waals surface area contributed by atoms with Crippen molar-refractivity contribution in [1.29, 1.82) is 0 Å². The van der Waals surface area contributed by atoms with E-state index in [4.69, 9.17) is 4.98 Å². The molecule has 0 atom stereocenters. The second-order valence-electron chi connectivity index (χ2n) is 7.56. The number of hydrogen-bond donors (Lipinski definition) is 1. The summed E-state index contributed by atoms with van der Waals surface area (Å²) in [5.41, 5.74) is 5.41. The molecule has 0 fully saturated rings. The first-order valence-electron chi connectivity index (χ1n) is 10.1. The van der Waals surface area contributed by atoms with Crippen LogP contribution in [0.5, 0.6) is 0 Å². The highest BCUT2D eigenvalue weighted by molar-refractivity contribution is 7.21. The minimum Gasteiger partial charge on any atom is -0.297 e. The molecular weight excluding hydrogens is 424 g/mol. The summed E-state index contributed by atoms with van der Waals surface area (Å²) in [4.78, 5) is 20.7. The molecule has 1 aliphatic rings. The van der Waals surface area contributed by atoms with Crippen LogP contribution in [-0.2, 0) is 12.8 Å². The number of nitrogens with zero attached hydrogens (tertiary/aromatic N) is 3. The minimum absolute atomic E-state index is 0.125. The zero-order valence-corrected chi connectivity index (χ0v) is 18.4. The van der Waals surface area contributed by atoms with Gasteiger partial charge in [0.2, 0.25) is 0 Å². The molecule has 3 aromatic heterocycles. The van der Waals surface area contributed by atoms with Gasteiger partial charge in [-0.15, -0.1) is 22.7 Å². The zero-order chi connectivity index (χ0) is 20.9. The fourth-order valence-electron chi connectivity index (χ4n) is 4.06. The number of carbonyl (C=O) groups is 1. The van der Waals surface area contributed by atoms with Crippen LogP contribution >= 0.6 is 22.7 Å². The van der Waals surface area contributed by atoms with E-state index in [-0.39, 0.29) is 5.91 Å². The molecule has 1 aliphatic carbocycles. The quantitative estimate of drug-likeness (QED) is 0.380. The van der Waals surface area contributed by atoms with Gasteiger partial charge in [0.1, 0.15) is 4.83 Å². The van der Waals surface area contributed by atoms with Crippen molar-refractivity contribution in [2.24, 2.45) is 0 Å². The van der Waals surface area contributed by atoms with Crippen molar-refractivity contribution >= 4 is 43.9 Å². The van der Waals surface area contributed by atoms with E-state index in [1.54, 1.807) is 11.3 Å². The van der Waals surface area contributed by atoms with Gasteiger partial charge in [0.15, 0.2) is 5.13 Å². The van der Waals surface area contributed by atoms with Gasteiger partial charge in [-0.3, -0.25) is 10.1 Å². The molecule has 0 bridgehead atoms. The van der Waals surface area contributed by atoms with E-state index in [0.29, 0.717) is 10.0 Å². The smallest absolute Gasteiger partial charge is 0.267 e. The lowest BCUT2D eigenvalue weighted by molar-refractivity contribution is 0.103. The second kappa shape index (κ2) is 7.14. The summed E-state index contributed by atoms with van der Waals surface area (Å²) in [7, 11) is 0. The van der Waals surface area contributed by atoms with E-state index in [1.807, 2.05) is 54.1 Å². The highest BCUT2D eigenvalue weighted by atomic mass is 32.1. The Balaban J connectivity index is 1.32. The van der Waals surface area contributed by atoms with Crippen LogP contribution in [0.25, 0.3) is 27.2 Å². The largest absolute Gasteiger partial charge is 0.297 e. The molecule has 152 valence electrons. The van der Waals surface area contributed by atoms with Crippen molar-refractivity contribution in [2.75, 3.05) is 5.32 Å². The van der Waals surface area contributed by atoms with Crippen LogP contribution in [0.1, 0.15) is 25.8 Å². The van der Waals surface area contributed by atoms with Gasteiger partial charge >= 0.3 is 0 Å². The van der Waals surface area contributed by atoms with Crippen LogP contribution in [-0.4, -0.2) is 20.7 Å². The zero-order valence-electron chi connectivity index (χ0n) is 16.8. The summed E-state index contributed by atoms with van der Waals surface area (Å²) < 4.78 is 1.91. The summed E-state index contributed by atoms with van der Waals surface area (Å²) >= 11 is 3.03. The highest BCUT2D eigenvalue weighted by Gasteiger charge is 2.22. The number of amides is 1. The topological polar surface area (TPSA) is 59.8 Å². The number of para-hydroxylation sites is 1. The fraction of sp³-hybridized carbons (Fsp3) is 0.125. The summed E-state index contributed by atoms with van der Waals surface area (Å²) in [5, 5.41) is 9.34. The number of anilines is 1. The molecule has 6 rings (SSSR count). The summed E-state index contributed by atoms with van der Waals surface area (Å²) in [5.74, 6) is -0.125. The molecule has 2 aromatic carbocycles. The lowest BCUT2D eigenvalue weighted by Crippen LogP contribution is -2.09. The highest BCUT2D eigenvalue weighted by Crippen LogP contribution is 2.38. The molecule has 0 spiro atoms. The molecule has 31 heavy (non-hydrogen) atoms. The van der Waals surface area contributed by atoms with Crippen LogP contribution in [0.2, 0.25) is 0 Å². The number of nitrogens with one attached hydrogen (secondary N) is 1. The Bertz CT molecular complexity index is 1450. The number of thiophene rings is 1. The van der Waals surface area contributed by atoms with Gasteiger partial charge < -0.3 is 0 Å². The average Bonchev–Trinajstić information content (AvgIpc) is 3.49. The fourth-order valence-corrected chi connectivity index (χ4v) is 6.11. The summed E-state index contributed by atoms with van der Waals surface area (Å²) in [6.07, 6.45) is 1.99. The van der Waals surface area contributed by atoms with Crippen LogP contribution in [0, 0.1) is 6.92 Å². The number of rotatable bonds is 3. The van der Waals surface area contributed by atoms with Crippen LogP contribution in [0.15, 0.2) is 60.7 Å². The third kappa shape index (κ3) is 3.08. The molecule has 7 heteroatoms. The van der Waals surface area contributed by atoms with E-state index in [0.717, 1.165) is 40.1 Å². The van der Waals surface area contributed by atoms with Crippen LogP contribution < -0.4 is 5.32 Å². The molecule has 3 heterocycles. The Morgan fingerprint density at radius 1 is 1.03 bits per heavy atom. The average molecular weight is 443 g/mol. The third-order valence-corrected chi connectivity index (χ3v) is 7.72. The Labute approximate surface area is 187 Å². The summed E-state index contributed by atoms with van der Waals surface area (Å²) in [6, 6.07) is 20.3. The SMILES string of the molecule is Cc1nn(-c2ccccc2)c2sc(C(=O)Nc3nc4c(s3)CCc3ccccc3-4)cc12. The van der Waals surface area contributed by atoms with Gasteiger partial charge in [-0.25, -0.2) is 9.67 Å². The molecule has 1 N–H and O–H groups in total. The number of thiazole rings is 1. The lowest BCUT2D eigenvalue weighted by Gasteiger charge is -2.13. The van der Waals surface area contributed by atoms with Crippen molar-refractivity contribution in [3.63, 3.8) is 0 Å². The number of aromatic nitrogens is 3. The van der Waals surface area contributed by atoms with Crippen molar-refractivity contribution < 1.29 is 4.79 Å². The normalized spacial score (nSPS) is 12.5. The Kier molecular flexibility index (Phi) is 4.26. The van der Waals surface area contributed by atoms with E-state index in [9.17, 15) is 4.79 Å². The standard InChI is InChI=1S/C24H18N4OS2/c1-14-18-13-20(30-23(18)28(27-14)16-8-3-2-4-9-16)22(29)26-24-25-21-17-10-6-5-7-15(17)11-12-19(21)31-24/h2-10,13H,11-12H2,1H3,(H,25,26,29). The molecule has 0 unspecified atom stereocenters. The van der Waals surface area contributed by atoms with Crippen molar-refractivity contribution in [2.45, 2.75) is 19.8 Å².